The van der Waals surface area contributed by atoms with Crippen LogP contribution in [0.3, 0.4) is 0 Å². The Morgan fingerprint density at radius 1 is 1.32 bits per heavy atom. The van der Waals surface area contributed by atoms with E-state index >= 15 is 0 Å². The first kappa shape index (κ1) is 18.7. The molecule has 0 saturated carbocycles. The zero-order chi connectivity index (χ0) is 16.4. The summed E-state index contributed by atoms with van der Waals surface area (Å²) in [5.41, 5.74) is 2.21. The van der Waals surface area contributed by atoms with Crippen LogP contribution in [0.5, 0.6) is 0 Å². The molecule has 0 heterocycles. The van der Waals surface area contributed by atoms with Gasteiger partial charge < -0.3 is 5.11 Å². The highest BCUT2D eigenvalue weighted by atomic mass is 35.5. The van der Waals surface area contributed by atoms with Crippen LogP contribution in [0.2, 0.25) is 0 Å². The third-order valence-corrected chi connectivity index (χ3v) is 3.72. The number of hydrogen-bond donors (Lipinski definition) is 1. The number of rotatable bonds is 10. The van der Waals surface area contributed by atoms with E-state index in [4.69, 9.17) is 11.6 Å². The number of aliphatic hydroxyl groups excluding tert-OH is 1. The first-order valence-electron chi connectivity index (χ1n) is 7.69. The Hall–Kier alpha value is -1.38. The maximum atomic E-state index is 11.7. The molecular weight excluding hydrogens is 296 g/mol. The molecule has 0 aromatic heterocycles. The summed E-state index contributed by atoms with van der Waals surface area (Å²) in [5, 5.41) is 9.84. The van der Waals surface area contributed by atoms with E-state index < -0.39 is 6.10 Å². The molecule has 2 nitrogen and oxygen atoms in total. The lowest BCUT2D eigenvalue weighted by atomic mass is 10.0. The lowest BCUT2D eigenvalue weighted by Crippen LogP contribution is -2.06. The molecule has 1 aromatic carbocycles. The lowest BCUT2D eigenvalue weighted by molar-refractivity contribution is -0.114. The number of aliphatic hydroxyl groups is 1. The van der Waals surface area contributed by atoms with Crippen molar-refractivity contribution in [2.24, 2.45) is 0 Å². The monoisotopic (exact) mass is 320 g/mol. The van der Waals surface area contributed by atoms with Crippen LogP contribution in [0, 0.1) is 0 Å². The maximum absolute atomic E-state index is 11.7. The van der Waals surface area contributed by atoms with Crippen LogP contribution >= 0.6 is 11.6 Å². The molecule has 1 rings (SSSR count). The fraction of sp³-hybridized carbons (Fsp3) is 0.421. The Balaban J connectivity index is 2.25. The van der Waals surface area contributed by atoms with Crippen molar-refractivity contribution in [2.45, 2.75) is 50.5 Å². The predicted molar refractivity (Wildman–Crippen MR) is 93.2 cm³/mol. The van der Waals surface area contributed by atoms with Crippen LogP contribution in [0.4, 0.5) is 0 Å². The topological polar surface area (TPSA) is 37.3 Å². The second-order valence-corrected chi connectivity index (χ2v) is 6.33. The molecule has 22 heavy (non-hydrogen) atoms. The van der Waals surface area contributed by atoms with Gasteiger partial charge in [-0.05, 0) is 44.2 Å². The number of halogens is 1. The summed E-state index contributed by atoms with van der Waals surface area (Å²) < 4.78 is 0. The Kier molecular flexibility index (Phi) is 8.79. The molecule has 0 aliphatic rings. The molecular formula is C19H25ClO2. The molecule has 0 radical (unpaired) electrons. The van der Waals surface area contributed by atoms with Gasteiger partial charge in [-0.2, -0.15) is 0 Å². The van der Waals surface area contributed by atoms with E-state index in [-0.39, 0.29) is 11.2 Å². The molecule has 3 heteroatoms. The lowest BCUT2D eigenvalue weighted by Gasteiger charge is -2.07. The van der Waals surface area contributed by atoms with Gasteiger partial charge in [0.1, 0.15) is 0 Å². The van der Waals surface area contributed by atoms with Gasteiger partial charge in [0.2, 0.25) is 0 Å². The van der Waals surface area contributed by atoms with Gasteiger partial charge in [0.15, 0.2) is 5.78 Å². The summed E-state index contributed by atoms with van der Waals surface area (Å²) in [6, 6.07) is 9.99. The molecule has 120 valence electrons. The third-order valence-electron chi connectivity index (χ3n) is 3.35. The van der Waals surface area contributed by atoms with Crippen molar-refractivity contribution in [3.63, 3.8) is 0 Å². The second-order valence-electron chi connectivity index (χ2n) is 5.71. The van der Waals surface area contributed by atoms with E-state index in [0.717, 1.165) is 18.4 Å². The van der Waals surface area contributed by atoms with E-state index in [9.17, 15) is 9.90 Å². The first-order valence-corrected chi connectivity index (χ1v) is 8.12. The number of ketones is 1. The van der Waals surface area contributed by atoms with Crippen molar-refractivity contribution in [1.29, 1.82) is 0 Å². The van der Waals surface area contributed by atoms with Gasteiger partial charge in [-0.3, -0.25) is 4.79 Å². The third kappa shape index (κ3) is 8.81. The zero-order valence-corrected chi connectivity index (χ0v) is 13.9. The summed E-state index contributed by atoms with van der Waals surface area (Å²) in [7, 11) is 0. The van der Waals surface area contributed by atoms with E-state index in [1.165, 1.54) is 11.6 Å². The van der Waals surface area contributed by atoms with Gasteiger partial charge in [-0.1, -0.05) is 42.0 Å². The highest BCUT2D eigenvalue weighted by Gasteiger charge is 2.08. The summed E-state index contributed by atoms with van der Waals surface area (Å²) >= 11 is 6.11. The number of carbonyl (C=O) groups excluding carboxylic acids is 1. The average Bonchev–Trinajstić information content (AvgIpc) is 2.49. The molecule has 1 N–H and O–H groups in total. The van der Waals surface area contributed by atoms with E-state index in [1.807, 2.05) is 37.3 Å². The fourth-order valence-electron chi connectivity index (χ4n) is 2.14. The molecule has 1 unspecified atom stereocenters. The molecule has 2 atom stereocenters. The fourth-order valence-corrected chi connectivity index (χ4v) is 2.51. The van der Waals surface area contributed by atoms with Crippen LogP contribution in [-0.2, 0) is 11.2 Å². The Labute approximate surface area is 138 Å². The standard InChI is InChI=1S/C19H25ClO2/c1-15(2)14-17(20)9-11-19(22)13-12-18(21)10-8-16-6-4-3-5-7-16/h3-7,12-13,17-18,21H,1,8-11,14H2,2H3/b13-12+/t17-,18?/m1/s1. The number of allylic oxidation sites excluding steroid dienone is 2. The number of alkyl halides is 1. The van der Waals surface area contributed by atoms with E-state index in [1.54, 1.807) is 6.08 Å². The normalized spacial score (nSPS) is 14.0. The largest absolute Gasteiger partial charge is 0.389 e. The molecule has 0 spiro atoms. The van der Waals surface area contributed by atoms with Crippen molar-refractivity contribution in [2.75, 3.05) is 0 Å². The highest BCUT2D eigenvalue weighted by molar-refractivity contribution is 6.20. The van der Waals surface area contributed by atoms with Gasteiger partial charge >= 0.3 is 0 Å². The van der Waals surface area contributed by atoms with Gasteiger partial charge in [-0.15, -0.1) is 18.2 Å². The van der Waals surface area contributed by atoms with Crippen molar-refractivity contribution < 1.29 is 9.90 Å². The molecule has 0 fully saturated rings. The molecule has 1 aromatic rings. The van der Waals surface area contributed by atoms with Crippen molar-refractivity contribution in [3.8, 4) is 0 Å². The number of aryl methyl sites for hydroxylation is 1. The number of carbonyl (C=O) groups is 1. The summed E-state index contributed by atoms with van der Waals surface area (Å²) in [6.45, 7) is 5.74. The van der Waals surface area contributed by atoms with Crippen LogP contribution in [0.1, 0.15) is 38.2 Å². The van der Waals surface area contributed by atoms with Crippen LogP contribution in [0.25, 0.3) is 0 Å². The number of benzene rings is 1. The minimum absolute atomic E-state index is 0.00567. The van der Waals surface area contributed by atoms with Crippen LogP contribution in [0.15, 0.2) is 54.6 Å². The van der Waals surface area contributed by atoms with Gasteiger partial charge in [0.05, 0.1) is 6.10 Å². The average molecular weight is 321 g/mol. The molecule has 0 aliphatic heterocycles. The molecule has 0 amide bonds. The van der Waals surface area contributed by atoms with Gasteiger partial charge in [0.25, 0.3) is 0 Å². The Morgan fingerprint density at radius 3 is 2.64 bits per heavy atom. The summed E-state index contributed by atoms with van der Waals surface area (Å²) in [5.74, 6) is 0.00567. The first-order chi connectivity index (χ1) is 10.5. The number of hydrogen-bond acceptors (Lipinski definition) is 2. The molecule has 0 saturated heterocycles. The zero-order valence-electron chi connectivity index (χ0n) is 13.2. The molecule has 0 aliphatic carbocycles. The van der Waals surface area contributed by atoms with Gasteiger partial charge in [-0.25, -0.2) is 0 Å². The Morgan fingerprint density at radius 2 is 2.00 bits per heavy atom. The van der Waals surface area contributed by atoms with Crippen molar-refractivity contribution in [1.82, 2.24) is 0 Å². The summed E-state index contributed by atoms with van der Waals surface area (Å²) in [4.78, 5) is 11.7. The quantitative estimate of drug-likeness (QED) is 0.392. The summed E-state index contributed by atoms with van der Waals surface area (Å²) in [6.07, 6.45) is 5.64. The van der Waals surface area contributed by atoms with Crippen molar-refractivity contribution >= 4 is 17.4 Å². The molecule has 0 bridgehead atoms. The maximum Gasteiger partial charge on any atom is 0.155 e. The minimum atomic E-state index is -0.591. The Bertz CT molecular complexity index is 493. The van der Waals surface area contributed by atoms with Crippen molar-refractivity contribution in [3.05, 3.63) is 60.2 Å². The van der Waals surface area contributed by atoms with E-state index in [2.05, 4.69) is 6.58 Å². The highest BCUT2D eigenvalue weighted by Crippen LogP contribution is 2.15. The van der Waals surface area contributed by atoms with Crippen LogP contribution < -0.4 is 0 Å². The SMILES string of the molecule is C=C(C)C[C@H](Cl)CCC(=O)/C=C/C(O)CCc1ccccc1. The van der Waals surface area contributed by atoms with Crippen LogP contribution in [-0.4, -0.2) is 22.4 Å². The predicted octanol–water partition coefficient (Wildman–Crippen LogP) is 4.46. The van der Waals surface area contributed by atoms with E-state index in [0.29, 0.717) is 19.3 Å². The minimum Gasteiger partial charge on any atom is -0.389 e. The smallest absolute Gasteiger partial charge is 0.155 e. The second kappa shape index (κ2) is 10.4. The van der Waals surface area contributed by atoms with Gasteiger partial charge in [0, 0.05) is 11.8 Å².